The average Bonchev–Trinajstić information content (AvgIpc) is 2.97. The minimum atomic E-state index is 0.693. The molecule has 102 valence electrons. The van der Waals surface area contributed by atoms with Gasteiger partial charge in [-0.25, -0.2) is 9.97 Å². The van der Waals surface area contributed by atoms with Crippen molar-refractivity contribution in [3.63, 3.8) is 0 Å². The maximum Gasteiger partial charge on any atom is 0.141 e. The van der Waals surface area contributed by atoms with Crippen LogP contribution >= 0.6 is 0 Å². The highest BCUT2D eigenvalue weighted by Gasteiger charge is 2.07. The van der Waals surface area contributed by atoms with Crippen LogP contribution in [0.2, 0.25) is 0 Å². The summed E-state index contributed by atoms with van der Waals surface area (Å²) in [6.07, 6.45) is 3.47. The highest BCUT2D eigenvalue weighted by molar-refractivity contribution is 5.97. The monoisotopic (exact) mass is 275 g/mol. The van der Waals surface area contributed by atoms with Gasteiger partial charge in [-0.05, 0) is 30.3 Å². The molecule has 4 N–H and O–H groups in total. The van der Waals surface area contributed by atoms with Gasteiger partial charge in [0.2, 0.25) is 0 Å². The summed E-state index contributed by atoms with van der Waals surface area (Å²) in [5.41, 5.74) is 9.45. The van der Waals surface area contributed by atoms with E-state index in [4.69, 9.17) is 5.73 Å². The molecule has 2 aromatic heterocycles. The minimum Gasteiger partial charge on any atom is -0.399 e. The number of nitrogens with zero attached hydrogens (tertiary/aromatic N) is 2. The van der Waals surface area contributed by atoms with E-state index in [-0.39, 0.29) is 0 Å². The Labute approximate surface area is 120 Å². The average molecular weight is 275 g/mol. The molecule has 0 aliphatic carbocycles. The Bertz CT molecular complexity index is 942. The summed E-state index contributed by atoms with van der Waals surface area (Å²) in [6.45, 7) is 0. The third kappa shape index (κ3) is 1.95. The van der Waals surface area contributed by atoms with Crippen LogP contribution in [0.5, 0.6) is 0 Å². The van der Waals surface area contributed by atoms with E-state index in [9.17, 15) is 0 Å². The van der Waals surface area contributed by atoms with Crippen molar-refractivity contribution < 1.29 is 0 Å². The quantitative estimate of drug-likeness (QED) is 0.490. The Morgan fingerprint density at radius 3 is 2.95 bits per heavy atom. The fourth-order valence-electron chi connectivity index (χ4n) is 2.49. The Hall–Kier alpha value is -3.08. The molecule has 0 aliphatic heterocycles. The van der Waals surface area contributed by atoms with E-state index in [0.29, 0.717) is 5.69 Å². The normalized spacial score (nSPS) is 11.0. The van der Waals surface area contributed by atoms with Crippen molar-refractivity contribution in [1.29, 1.82) is 0 Å². The lowest BCUT2D eigenvalue weighted by molar-refractivity contribution is 1.22. The standard InChI is InChI=1S/C16H13N5/c17-11-4-5-13-12(8-11)16(20-9-19-13)21-14-3-1-2-10-6-7-18-15(10)14/h1-9,18H,17H2,(H,19,20,21). The molecule has 0 spiro atoms. The summed E-state index contributed by atoms with van der Waals surface area (Å²) in [5, 5.41) is 5.42. The van der Waals surface area contributed by atoms with Crippen LogP contribution in [0.4, 0.5) is 17.2 Å². The van der Waals surface area contributed by atoms with Gasteiger partial charge in [0, 0.05) is 22.7 Å². The Morgan fingerprint density at radius 1 is 1.05 bits per heavy atom. The molecule has 4 rings (SSSR count). The number of hydrogen-bond acceptors (Lipinski definition) is 4. The zero-order valence-corrected chi connectivity index (χ0v) is 11.2. The fourth-order valence-corrected chi connectivity index (χ4v) is 2.49. The summed E-state index contributed by atoms with van der Waals surface area (Å²) in [7, 11) is 0. The Morgan fingerprint density at radius 2 is 2.00 bits per heavy atom. The number of benzene rings is 2. The highest BCUT2D eigenvalue weighted by Crippen LogP contribution is 2.28. The first-order valence-corrected chi connectivity index (χ1v) is 6.65. The number of nitrogens with one attached hydrogen (secondary N) is 2. The van der Waals surface area contributed by atoms with Gasteiger partial charge in [-0.2, -0.15) is 0 Å². The second-order valence-electron chi connectivity index (χ2n) is 4.87. The second kappa shape index (κ2) is 4.49. The van der Waals surface area contributed by atoms with Crippen molar-refractivity contribution in [2.45, 2.75) is 0 Å². The van der Waals surface area contributed by atoms with Gasteiger partial charge < -0.3 is 16.0 Å². The highest BCUT2D eigenvalue weighted by atomic mass is 15.0. The van der Waals surface area contributed by atoms with Crippen LogP contribution in [-0.2, 0) is 0 Å². The zero-order valence-electron chi connectivity index (χ0n) is 11.2. The molecule has 0 unspecified atom stereocenters. The lowest BCUT2D eigenvalue weighted by Crippen LogP contribution is -1.97. The molecule has 21 heavy (non-hydrogen) atoms. The molecule has 5 nitrogen and oxygen atoms in total. The van der Waals surface area contributed by atoms with Gasteiger partial charge in [-0.3, -0.25) is 0 Å². The van der Waals surface area contributed by atoms with E-state index in [1.54, 1.807) is 6.33 Å². The van der Waals surface area contributed by atoms with Gasteiger partial charge in [0.15, 0.2) is 0 Å². The predicted molar refractivity (Wildman–Crippen MR) is 85.5 cm³/mol. The van der Waals surface area contributed by atoms with Gasteiger partial charge >= 0.3 is 0 Å². The number of nitrogen functional groups attached to an aromatic ring is 1. The molecule has 0 saturated carbocycles. The summed E-state index contributed by atoms with van der Waals surface area (Å²) in [5.74, 6) is 0.745. The number of nitrogens with two attached hydrogens (primary N) is 1. The number of para-hydroxylation sites is 1. The Balaban J connectivity index is 1.88. The third-order valence-corrected chi connectivity index (χ3v) is 3.50. The van der Waals surface area contributed by atoms with Gasteiger partial charge in [-0.15, -0.1) is 0 Å². The molecule has 0 fully saturated rings. The van der Waals surface area contributed by atoms with Crippen LogP contribution < -0.4 is 11.1 Å². The minimum absolute atomic E-state index is 0.693. The molecule has 0 radical (unpaired) electrons. The summed E-state index contributed by atoms with van der Waals surface area (Å²) in [4.78, 5) is 11.8. The van der Waals surface area contributed by atoms with Crippen molar-refractivity contribution in [3.05, 3.63) is 55.0 Å². The first-order valence-electron chi connectivity index (χ1n) is 6.65. The molecule has 0 aliphatic rings. The maximum atomic E-state index is 5.87. The predicted octanol–water partition coefficient (Wildman–Crippen LogP) is 3.44. The molecule has 2 heterocycles. The van der Waals surface area contributed by atoms with Crippen LogP contribution in [-0.4, -0.2) is 15.0 Å². The molecule has 0 amide bonds. The van der Waals surface area contributed by atoms with Gasteiger partial charge in [0.1, 0.15) is 12.1 Å². The van der Waals surface area contributed by atoms with E-state index in [1.165, 1.54) is 0 Å². The van der Waals surface area contributed by atoms with Crippen molar-refractivity contribution in [2.24, 2.45) is 0 Å². The molecule has 5 heteroatoms. The summed E-state index contributed by atoms with van der Waals surface area (Å²) < 4.78 is 0. The van der Waals surface area contributed by atoms with E-state index in [2.05, 4.69) is 26.3 Å². The smallest absolute Gasteiger partial charge is 0.141 e. The molecule has 2 aromatic carbocycles. The molecule has 0 bridgehead atoms. The number of fused-ring (bicyclic) bond motifs is 2. The number of rotatable bonds is 2. The van der Waals surface area contributed by atoms with Crippen LogP contribution in [0.1, 0.15) is 0 Å². The lowest BCUT2D eigenvalue weighted by atomic mass is 10.2. The SMILES string of the molecule is Nc1ccc2ncnc(Nc3cccc4cc[nH]c34)c2c1. The molecular formula is C16H13N5. The number of hydrogen-bond donors (Lipinski definition) is 3. The number of aromatic amines is 1. The van der Waals surface area contributed by atoms with E-state index >= 15 is 0 Å². The lowest BCUT2D eigenvalue weighted by Gasteiger charge is -2.09. The van der Waals surface area contributed by atoms with Crippen LogP contribution in [0.25, 0.3) is 21.8 Å². The van der Waals surface area contributed by atoms with Crippen LogP contribution in [0.3, 0.4) is 0 Å². The number of H-pyrrole nitrogens is 1. The van der Waals surface area contributed by atoms with E-state index < -0.39 is 0 Å². The largest absolute Gasteiger partial charge is 0.399 e. The van der Waals surface area contributed by atoms with Crippen LogP contribution in [0, 0.1) is 0 Å². The number of anilines is 3. The van der Waals surface area contributed by atoms with Crippen LogP contribution in [0.15, 0.2) is 55.0 Å². The van der Waals surface area contributed by atoms with E-state index in [0.717, 1.165) is 33.3 Å². The molecule has 0 atom stereocenters. The van der Waals surface area contributed by atoms with Gasteiger partial charge in [0.05, 0.1) is 16.7 Å². The second-order valence-corrected chi connectivity index (χ2v) is 4.87. The topological polar surface area (TPSA) is 79.6 Å². The first kappa shape index (κ1) is 11.7. The first-order chi connectivity index (χ1) is 10.3. The molecular weight excluding hydrogens is 262 g/mol. The zero-order chi connectivity index (χ0) is 14.2. The third-order valence-electron chi connectivity index (χ3n) is 3.50. The van der Waals surface area contributed by atoms with Crippen molar-refractivity contribution in [1.82, 2.24) is 15.0 Å². The maximum absolute atomic E-state index is 5.87. The van der Waals surface area contributed by atoms with Crippen molar-refractivity contribution in [3.8, 4) is 0 Å². The van der Waals surface area contributed by atoms with E-state index in [1.807, 2.05) is 42.6 Å². The molecule has 4 aromatic rings. The van der Waals surface area contributed by atoms with Crippen molar-refractivity contribution in [2.75, 3.05) is 11.1 Å². The summed E-state index contributed by atoms with van der Waals surface area (Å²) >= 11 is 0. The van der Waals surface area contributed by atoms with Gasteiger partial charge in [-0.1, -0.05) is 12.1 Å². The number of aromatic nitrogens is 3. The Kier molecular flexibility index (Phi) is 2.50. The van der Waals surface area contributed by atoms with Gasteiger partial charge in [0.25, 0.3) is 0 Å². The van der Waals surface area contributed by atoms with Crippen molar-refractivity contribution >= 4 is 39.0 Å². The summed E-state index contributed by atoms with van der Waals surface area (Å²) in [6, 6.07) is 13.7. The molecule has 0 saturated heterocycles. The fraction of sp³-hybridized carbons (Fsp3) is 0.